The number of hydrogen-bond acceptors (Lipinski definition) is 6. The third-order valence-corrected chi connectivity index (χ3v) is 3.99. The molecule has 8 nitrogen and oxygen atoms in total. The molecule has 2 heterocycles. The Kier molecular flexibility index (Phi) is 4.34. The molecule has 0 spiro atoms. The molecule has 0 saturated heterocycles. The van der Waals surface area contributed by atoms with E-state index in [1.807, 2.05) is 35.2 Å². The summed E-state index contributed by atoms with van der Waals surface area (Å²) >= 11 is 0. The molecule has 1 aliphatic heterocycles. The topological polar surface area (TPSA) is 112 Å². The molecule has 25 heavy (non-hydrogen) atoms. The smallest absolute Gasteiger partial charge is 0.288 e. The van der Waals surface area contributed by atoms with Crippen LogP contribution in [0.2, 0.25) is 0 Å². The molecular formula is C17H16N4O4. The zero-order chi connectivity index (χ0) is 18.0. The lowest BCUT2D eigenvalue weighted by molar-refractivity contribution is -0.385. The van der Waals surface area contributed by atoms with Crippen LogP contribution < -0.4 is 15.4 Å². The Morgan fingerprint density at radius 2 is 2.20 bits per heavy atom. The highest BCUT2D eigenvalue weighted by Gasteiger charge is 2.24. The maximum absolute atomic E-state index is 11.7. The van der Waals surface area contributed by atoms with E-state index in [1.54, 1.807) is 7.11 Å². The minimum absolute atomic E-state index is 0.0366. The summed E-state index contributed by atoms with van der Waals surface area (Å²) in [5.41, 5.74) is 7.20. The van der Waals surface area contributed by atoms with Gasteiger partial charge in [-0.15, -0.1) is 0 Å². The van der Waals surface area contributed by atoms with Gasteiger partial charge in [0.05, 0.1) is 17.6 Å². The number of amides is 1. The summed E-state index contributed by atoms with van der Waals surface area (Å²) in [6, 6.07) is 8.81. The lowest BCUT2D eigenvalue weighted by Gasteiger charge is -2.19. The highest BCUT2D eigenvalue weighted by Crippen LogP contribution is 2.29. The molecule has 3 rings (SSSR count). The first-order valence-electron chi connectivity index (χ1n) is 7.52. The summed E-state index contributed by atoms with van der Waals surface area (Å²) in [5, 5.41) is 10.9. The molecule has 1 aliphatic rings. The number of nitrogens with two attached hydrogens (primary N) is 1. The number of hydrogen-bond donors (Lipinski definition) is 1. The number of methoxy groups -OCH3 is 1. The largest absolute Gasteiger partial charge is 0.497 e. The number of pyridine rings is 1. The van der Waals surface area contributed by atoms with Gasteiger partial charge in [0.1, 0.15) is 17.8 Å². The quantitative estimate of drug-likeness (QED) is 0.658. The summed E-state index contributed by atoms with van der Waals surface area (Å²) in [5.74, 6) is 0.344. The normalized spacial score (nSPS) is 13.5. The molecule has 0 aliphatic carbocycles. The van der Waals surface area contributed by atoms with Crippen LogP contribution in [0.25, 0.3) is 5.57 Å². The van der Waals surface area contributed by atoms with E-state index >= 15 is 0 Å². The number of nitrogens with zero attached hydrogens (tertiary/aromatic N) is 3. The van der Waals surface area contributed by atoms with Gasteiger partial charge in [-0.2, -0.15) is 0 Å². The number of anilines is 1. The molecule has 1 aromatic heterocycles. The fraction of sp³-hybridized carbons (Fsp3) is 0.176. The van der Waals surface area contributed by atoms with Crippen LogP contribution in [0.3, 0.4) is 0 Å². The van der Waals surface area contributed by atoms with Crippen LogP contribution in [0.4, 0.5) is 11.5 Å². The Bertz CT molecular complexity index is 879. The lowest BCUT2D eigenvalue weighted by atomic mass is 10.1. The summed E-state index contributed by atoms with van der Waals surface area (Å²) in [4.78, 5) is 27.9. The Hall–Kier alpha value is -3.42. The van der Waals surface area contributed by atoms with Crippen LogP contribution in [0.5, 0.6) is 5.75 Å². The third kappa shape index (κ3) is 3.27. The van der Waals surface area contributed by atoms with Crippen LogP contribution >= 0.6 is 0 Å². The van der Waals surface area contributed by atoms with Crippen LogP contribution in [0, 0.1) is 10.1 Å². The predicted octanol–water partition coefficient (Wildman–Crippen LogP) is 2.00. The van der Waals surface area contributed by atoms with E-state index < -0.39 is 10.8 Å². The number of aromatic nitrogens is 1. The molecule has 2 N–H and O–H groups in total. The fourth-order valence-corrected chi connectivity index (χ4v) is 2.73. The highest BCUT2D eigenvalue weighted by atomic mass is 16.6. The molecule has 1 amide bonds. The lowest BCUT2D eigenvalue weighted by Crippen LogP contribution is -2.25. The number of ether oxygens (including phenoxy) is 1. The molecule has 0 saturated carbocycles. The number of carbonyl (C=O) groups is 1. The number of primary amides is 1. The zero-order valence-electron chi connectivity index (χ0n) is 13.5. The van der Waals surface area contributed by atoms with Gasteiger partial charge in [0.15, 0.2) is 0 Å². The Morgan fingerprint density at radius 1 is 1.40 bits per heavy atom. The first kappa shape index (κ1) is 16.4. The van der Waals surface area contributed by atoms with E-state index in [0.717, 1.165) is 29.1 Å². The van der Waals surface area contributed by atoms with E-state index in [4.69, 9.17) is 10.5 Å². The van der Waals surface area contributed by atoms with Gasteiger partial charge in [-0.1, -0.05) is 18.2 Å². The number of nitro groups is 1. The van der Waals surface area contributed by atoms with Crippen LogP contribution in [0.1, 0.15) is 15.9 Å². The van der Waals surface area contributed by atoms with Crippen LogP contribution in [-0.2, 0) is 0 Å². The average Bonchev–Trinajstić information content (AvgIpc) is 3.11. The SMILES string of the molecule is COc1cccc(C2=CCN(c3ncc([N+](=O)[O-])cc3C(N)=O)C2)c1. The molecule has 2 aromatic rings. The van der Waals surface area contributed by atoms with Crippen molar-refractivity contribution in [2.45, 2.75) is 0 Å². The van der Waals surface area contributed by atoms with Crippen LogP contribution in [0.15, 0.2) is 42.6 Å². The van der Waals surface area contributed by atoms with Crippen molar-refractivity contribution < 1.29 is 14.5 Å². The minimum Gasteiger partial charge on any atom is -0.497 e. The molecule has 128 valence electrons. The van der Waals surface area contributed by atoms with Gasteiger partial charge < -0.3 is 15.4 Å². The second-order valence-corrected chi connectivity index (χ2v) is 5.53. The second kappa shape index (κ2) is 6.60. The molecular weight excluding hydrogens is 324 g/mol. The first-order valence-corrected chi connectivity index (χ1v) is 7.52. The molecule has 8 heteroatoms. The van der Waals surface area contributed by atoms with Crippen molar-refractivity contribution in [3.63, 3.8) is 0 Å². The van der Waals surface area contributed by atoms with Gasteiger partial charge in [0.2, 0.25) is 0 Å². The summed E-state index contributed by atoms with van der Waals surface area (Å²) in [6.45, 7) is 1.04. The van der Waals surface area contributed by atoms with Gasteiger partial charge >= 0.3 is 0 Å². The number of carbonyl (C=O) groups excluding carboxylic acids is 1. The maximum Gasteiger partial charge on any atom is 0.288 e. The number of benzene rings is 1. The number of rotatable bonds is 5. The zero-order valence-corrected chi connectivity index (χ0v) is 13.5. The Morgan fingerprint density at radius 3 is 2.88 bits per heavy atom. The van der Waals surface area contributed by atoms with E-state index in [9.17, 15) is 14.9 Å². The molecule has 0 fully saturated rings. The predicted molar refractivity (Wildman–Crippen MR) is 92.6 cm³/mol. The summed E-state index contributed by atoms with van der Waals surface area (Å²) in [6.07, 6.45) is 3.15. The average molecular weight is 340 g/mol. The summed E-state index contributed by atoms with van der Waals surface area (Å²) < 4.78 is 5.23. The Balaban J connectivity index is 1.88. The van der Waals surface area contributed by atoms with Crippen molar-refractivity contribution in [3.8, 4) is 5.75 Å². The molecule has 0 radical (unpaired) electrons. The van der Waals surface area contributed by atoms with E-state index in [-0.39, 0.29) is 11.3 Å². The van der Waals surface area contributed by atoms with Crippen molar-refractivity contribution >= 4 is 23.0 Å². The highest BCUT2D eigenvalue weighted by molar-refractivity contribution is 5.98. The monoisotopic (exact) mass is 340 g/mol. The van der Waals surface area contributed by atoms with Crippen molar-refractivity contribution in [2.24, 2.45) is 5.73 Å². The molecule has 1 aromatic carbocycles. The van der Waals surface area contributed by atoms with E-state index in [1.165, 1.54) is 0 Å². The van der Waals surface area contributed by atoms with Gasteiger partial charge in [-0.3, -0.25) is 14.9 Å². The van der Waals surface area contributed by atoms with Crippen molar-refractivity contribution in [2.75, 3.05) is 25.1 Å². The van der Waals surface area contributed by atoms with Gasteiger partial charge in [-0.05, 0) is 23.3 Å². The second-order valence-electron chi connectivity index (χ2n) is 5.53. The van der Waals surface area contributed by atoms with E-state index in [0.29, 0.717) is 18.9 Å². The van der Waals surface area contributed by atoms with Crippen molar-refractivity contribution in [3.05, 3.63) is 63.8 Å². The van der Waals surface area contributed by atoms with E-state index in [2.05, 4.69) is 4.98 Å². The fourth-order valence-electron chi connectivity index (χ4n) is 2.73. The minimum atomic E-state index is -0.749. The van der Waals surface area contributed by atoms with Gasteiger partial charge in [0, 0.05) is 19.2 Å². The van der Waals surface area contributed by atoms with Gasteiger partial charge in [-0.25, -0.2) is 4.98 Å². The Labute approximate surface area is 143 Å². The molecule has 0 bridgehead atoms. The summed E-state index contributed by atoms with van der Waals surface area (Å²) in [7, 11) is 1.61. The molecule has 0 atom stereocenters. The van der Waals surface area contributed by atoms with Gasteiger partial charge in [0.25, 0.3) is 11.6 Å². The third-order valence-electron chi connectivity index (χ3n) is 3.99. The first-order chi connectivity index (χ1) is 12.0. The maximum atomic E-state index is 11.7. The van der Waals surface area contributed by atoms with Crippen LogP contribution in [-0.4, -0.2) is 36.0 Å². The molecule has 0 unspecified atom stereocenters. The van der Waals surface area contributed by atoms with Crippen molar-refractivity contribution in [1.29, 1.82) is 0 Å². The van der Waals surface area contributed by atoms with Crippen molar-refractivity contribution in [1.82, 2.24) is 4.98 Å². The standard InChI is InChI=1S/C17H16N4O4/c1-25-14-4-2-3-11(7-14)12-5-6-20(10-12)17-15(16(18)22)8-13(9-19-17)21(23)24/h2-5,7-9H,6,10H2,1H3,(H2,18,22).